The number of aromatic nitrogens is 3. The number of carbonyl (C=O) groups is 1. The molecule has 25 heavy (non-hydrogen) atoms. The van der Waals surface area contributed by atoms with E-state index < -0.39 is 0 Å². The van der Waals surface area contributed by atoms with E-state index in [2.05, 4.69) is 26.6 Å². The Morgan fingerprint density at radius 2 is 1.80 bits per heavy atom. The summed E-state index contributed by atoms with van der Waals surface area (Å²) in [6.07, 6.45) is 2.00. The topological polar surface area (TPSA) is 67.8 Å². The van der Waals surface area contributed by atoms with Crippen molar-refractivity contribution in [2.45, 2.75) is 6.42 Å². The van der Waals surface area contributed by atoms with Gasteiger partial charge in [0.25, 0.3) is 0 Å². The van der Waals surface area contributed by atoms with Crippen molar-refractivity contribution in [3.05, 3.63) is 72.4 Å². The molecule has 0 aliphatic rings. The van der Waals surface area contributed by atoms with Crippen LogP contribution < -0.4 is 5.32 Å². The van der Waals surface area contributed by atoms with Gasteiger partial charge in [-0.1, -0.05) is 59.9 Å². The van der Waals surface area contributed by atoms with E-state index in [1.807, 2.05) is 54.6 Å². The van der Waals surface area contributed by atoms with Crippen molar-refractivity contribution in [1.82, 2.24) is 15.2 Å². The Kier molecular flexibility index (Phi) is 4.18. The number of fused-ring (bicyclic) bond motifs is 1. The van der Waals surface area contributed by atoms with Crippen LogP contribution in [0.4, 0.5) is 5.13 Å². The molecule has 5 nitrogen and oxygen atoms in total. The number of amides is 1. The summed E-state index contributed by atoms with van der Waals surface area (Å²) in [6, 6.07) is 19.7. The highest BCUT2D eigenvalue weighted by atomic mass is 32.1. The van der Waals surface area contributed by atoms with Crippen molar-refractivity contribution in [3.8, 4) is 10.7 Å². The molecule has 0 unspecified atom stereocenters. The summed E-state index contributed by atoms with van der Waals surface area (Å²) < 4.78 is 0. The first-order valence-electron chi connectivity index (χ1n) is 7.80. The molecule has 0 fully saturated rings. The Morgan fingerprint density at radius 3 is 2.64 bits per heavy atom. The molecule has 0 aliphatic heterocycles. The highest BCUT2D eigenvalue weighted by Gasteiger charge is 2.11. The zero-order valence-electron chi connectivity index (χ0n) is 13.2. The lowest BCUT2D eigenvalue weighted by Crippen LogP contribution is -2.14. The second kappa shape index (κ2) is 6.78. The Labute approximate surface area is 148 Å². The summed E-state index contributed by atoms with van der Waals surface area (Å²) in [5.74, 6) is -0.112. The Hall–Kier alpha value is -3.12. The maximum Gasteiger partial charge on any atom is 0.230 e. The minimum atomic E-state index is -0.112. The first-order chi connectivity index (χ1) is 12.3. The number of anilines is 1. The van der Waals surface area contributed by atoms with Gasteiger partial charge in [0.05, 0.1) is 6.42 Å². The Morgan fingerprint density at radius 1 is 0.960 bits per heavy atom. The number of rotatable bonds is 4. The van der Waals surface area contributed by atoms with E-state index in [4.69, 9.17) is 0 Å². The van der Waals surface area contributed by atoms with Crippen LogP contribution in [-0.4, -0.2) is 21.1 Å². The van der Waals surface area contributed by atoms with Gasteiger partial charge in [-0.25, -0.2) is 0 Å². The highest BCUT2D eigenvalue weighted by molar-refractivity contribution is 7.18. The molecule has 2 heterocycles. The van der Waals surface area contributed by atoms with Crippen molar-refractivity contribution >= 4 is 33.1 Å². The average Bonchev–Trinajstić information content (AvgIpc) is 3.10. The second-order valence-electron chi connectivity index (χ2n) is 5.53. The lowest BCUT2D eigenvalue weighted by atomic mass is 10.1. The fourth-order valence-electron chi connectivity index (χ4n) is 2.56. The standard InChI is InChI=1S/C19H14N4OS/c24-17(12-13-8-9-14-5-1-2-6-15(14)11-13)21-19-23-22-18(25-19)16-7-3-4-10-20-16/h1-11H,12H2,(H,21,23,24). The van der Waals surface area contributed by atoms with Crippen LogP contribution in [0.2, 0.25) is 0 Å². The van der Waals surface area contributed by atoms with Gasteiger partial charge in [-0.05, 0) is 28.5 Å². The zero-order chi connectivity index (χ0) is 17.1. The zero-order valence-corrected chi connectivity index (χ0v) is 14.0. The smallest absolute Gasteiger partial charge is 0.230 e. The quantitative estimate of drug-likeness (QED) is 0.608. The van der Waals surface area contributed by atoms with Gasteiger partial charge in [0.2, 0.25) is 11.0 Å². The van der Waals surface area contributed by atoms with Crippen molar-refractivity contribution < 1.29 is 4.79 Å². The van der Waals surface area contributed by atoms with Gasteiger partial charge in [-0.15, -0.1) is 10.2 Å². The van der Waals surface area contributed by atoms with Crippen LogP contribution in [0.1, 0.15) is 5.56 Å². The molecule has 6 heteroatoms. The van der Waals surface area contributed by atoms with E-state index in [1.165, 1.54) is 11.3 Å². The molecule has 0 atom stereocenters. The molecule has 0 bridgehead atoms. The predicted molar refractivity (Wildman–Crippen MR) is 99.4 cm³/mol. The van der Waals surface area contributed by atoms with Crippen molar-refractivity contribution in [2.75, 3.05) is 5.32 Å². The summed E-state index contributed by atoms with van der Waals surface area (Å²) in [6.45, 7) is 0. The number of hydrogen-bond acceptors (Lipinski definition) is 5. The lowest BCUT2D eigenvalue weighted by Gasteiger charge is -2.04. The normalized spacial score (nSPS) is 10.7. The molecule has 4 aromatic rings. The molecule has 0 saturated carbocycles. The lowest BCUT2D eigenvalue weighted by molar-refractivity contribution is -0.115. The summed E-state index contributed by atoms with van der Waals surface area (Å²) in [4.78, 5) is 16.5. The van der Waals surface area contributed by atoms with Crippen LogP contribution in [-0.2, 0) is 11.2 Å². The number of hydrogen-bond donors (Lipinski definition) is 1. The maximum absolute atomic E-state index is 12.3. The van der Waals surface area contributed by atoms with Gasteiger partial charge in [-0.2, -0.15) is 0 Å². The van der Waals surface area contributed by atoms with Gasteiger partial charge < -0.3 is 5.32 Å². The third-order valence-electron chi connectivity index (χ3n) is 3.73. The van der Waals surface area contributed by atoms with Crippen molar-refractivity contribution in [2.24, 2.45) is 0 Å². The molecule has 0 saturated heterocycles. The number of nitrogens with one attached hydrogen (secondary N) is 1. The third kappa shape index (κ3) is 3.54. The number of benzene rings is 2. The van der Waals surface area contributed by atoms with Crippen LogP contribution in [0.25, 0.3) is 21.5 Å². The van der Waals surface area contributed by atoms with E-state index in [9.17, 15) is 4.79 Å². The molecule has 2 aromatic carbocycles. The van der Waals surface area contributed by atoms with Gasteiger partial charge >= 0.3 is 0 Å². The SMILES string of the molecule is O=C(Cc1ccc2ccccc2c1)Nc1nnc(-c2ccccn2)s1. The first kappa shape index (κ1) is 15.4. The minimum absolute atomic E-state index is 0.112. The molecule has 1 amide bonds. The van der Waals surface area contributed by atoms with E-state index in [0.29, 0.717) is 16.6 Å². The van der Waals surface area contributed by atoms with Crippen LogP contribution in [0.15, 0.2) is 66.9 Å². The highest BCUT2D eigenvalue weighted by Crippen LogP contribution is 2.24. The summed E-state index contributed by atoms with van der Waals surface area (Å²) >= 11 is 1.31. The largest absolute Gasteiger partial charge is 0.300 e. The van der Waals surface area contributed by atoms with E-state index in [1.54, 1.807) is 6.20 Å². The van der Waals surface area contributed by atoms with E-state index in [0.717, 1.165) is 22.0 Å². The predicted octanol–water partition coefficient (Wildman–Crippen LogP) is 3.93. The Balaban J connectivity index is 1.46. The molecule has 0 spiro atoms. The average molecular weight is 346 g/mol. The molecule has 2 aromatic heterocycles. The second-order valence-corrected chi connectivity index (χ2v) is 6.51. The number of pyridine rings is 1. The fraction of sp³-hybridized carbons (Fsp3) is 0.0526. The molecule has 4 rings (SSSR count). The van der Waals surface area contributed by atoms with E-state index >= 15 is 0 Å². The number of carbonyl (C=O) groups excluding carboxylic acids is 1. The van der Waals surface area contributed by atoms with Crippen LogP contribution in [0, 0.1) is 0 Å². The maximum atomic E-state index is 12.3. The minimum Gasteiger partial charge on any atom is -0.300 e. The molecule has 0 radical (unpaired) electrons. The molecular formula is C19H14N4OS. The van der Waals surface area contributed by atoms with Gasteiger partial charge in [0.15, 0.2) is 5.01 Å². The molecule has 0 aliphatic carbocycles. The fourth-order valence-corrected chi connectivity index (χ4v) is 3.30. The summed E-state index contributed by atoms with van der Waals surface area (Å²) in [5.41, 5.74) is 1.71. The monoisotopic (exact) mass is 346 g/mol. The summed E-state index contributed by atoms with van der Waals surface area (Å²) in [7, 11) is 0. The van der Waals surface area contributed by atoms with Crippen LogP contribution in [0.3, 0.4) is 0 Å². The Bertz CT molecular complexity index is 1030. The van der Waals surface area contributed by atoms with Crippen molar-refractivity contribution in [3.63, 3.8) is 0 Å². The number of nitrogens with zero attached hydrogens (tertiary/aromatic N) is 3. The first-order valence-corrected chi connectivity index (χ1v) is 8.62. The van der Waals surface area contributed by atoms with Crippen LogP contribution in [0.5, 0.6) is 0 Å². The molecule has 122 valence electrons. The third-order valence-corrected chi connectivity index (χ3v) is 4.60. The summed E-state index contributed by atoms with van der Waals surface area (Å²) in [5, 5.41) is 14.4. The van der Waals surface area contributed by atoms with Crippen LogP contribution >= 0.6 is 11.3 Å². The van der Waals surface area contributed by atoms with E-state index in [-0.39, 0.29) is 5.91 Å². The van der Waals surface area contributed by atoms with Crippen molar-refractivity contribution in [1.29, 1.82) is 0 Å². The molecule has 1 N–H and O–H groups in total. The van der Waals surface area contributed by atoms with Gasteiger partial charge in [0.1, 0.15) is 5.69 Å². The molecular weight excluding hydrogens is 332 g/mol. The van der Waals surface area contributed by atoms with Gasteiger partial charge in [0, 0.05) is 6.20 Å². The van der Waals surface area contributed by atoms with Gasteiger partial charge in [-0.3, -0.25) is 9.78 Å².